The number of aromatic nitrogens is 3. The minimum absolute atomic E-state index is 0.0866. The van der Waals surface area contributed by atoms with E-state index < -0.39 is 0 Å². The lowest BCUT2D eigenvalue weighted by atomic mass is 10.1. The number of carbonyl (C=O) groups excluding carboxylic acids is 1. The highest BCUT2D eigenvalue weighted by Gasteiger charge is 2.35. The third-order valence-corrected chi connectivity index (χ3v) is 6.87. The average molecular weight is 475 g/mol. The van der Waals surface area contributed by atoms with Crippen molar-refractivity contribution >= 4 is 28.4 Å². The number of nitrogens with zero attached hydrogens (tertiary/aromatic N) is 5. The second kappa shape index (κ2) is 9.75. The highest BCUT2D eigenvalue weighted by atomic mass is 16.5. The molecule has 9 heteroatoms. The summed E-state index contributed by atoms with van der Waals surface area (Å²) < 4.78 is 11.4. The van der Waals surface area contributed by atoms with Gasteiger partial charge in [0.15, 0.2) is 5.82 Å². The molecule has 1 saturated carbocycles. The van der Waals surface area contributed by atoms with E-state index in [-0.39, 0.29) is 17.9 Å². The second-order valence-corrected chi connectivity index (χ2v) is 9.36. The molecule has 2 aromatic heterocycles. The van der Waals surface area contributed by atoms with Gasteiger partial charge in [-0.1, -0.05) is 12.1 Å². The largest absolute Gasteiger partial charge is 0.378 e. The number of hydrogen-bond acceptors (Lipinski definition) is 8. The smallest absolute Gasteiger partial charge is 0.225 e. The van der Waals surface area contributed by atoms with Gasteiger partial charge in [-0.25, -0.2) is 9.97 Å². The van der Waals surface area contributed by atoms with Crippen molar-refractivity contribution in [1.29, 1.82) is 0 Å². The monoisotopic (exact) mass is 474 g/mol. The van der Waals surface area contributed by atoms with E-state index in [4.69, 9.17) is 14.5 Å². The molecular formula is C26H30N6O3. The summed E-state index contributed by atoms with van der Waals surface area (Å²) in [6.07, 6.45) is 5.33. The Morgan fingerprint density at radius 3 is 2.63 bits per heavy atom. The number of benzene rings is 1. The molecule has 2 saturated heterocycles. The normalized spacial score (nSPS) is 20.7. The third-order valence-electron chi connectivity index (χ3n) is 6.87. The van der Waals surface area contributed by atoms with Crippen molar-refractivity contribution in [1.82, 2.24) is 19.9 Å². The number of anilines is 2. The Hall–Kier alpha value is -3.30. The molecule has 3 aliphatic rings. The molecular weight excluding hydrogens is 444 g/mol. The Kier molecular flexibility index (Phi) is 6.18. The van der Waals surface area contributed by atoms with E-state index >= 15 is 0 Å². The van der Waals surface area contributed by atoms with Gasteiger partial charge >= 0.3 is 0 Å². The standard InChI is InChI=1S/C26H30N6O3/c33-26(19-1-2-19)32-11-14-35-21(17-32)16-29-25-24-23(27-7-8-28-24)15-22(30-25)18-3-5-20(6-4-18)31-9-12-34-13-10-31/h3-8,15,19,21H,1-2,9-14,16-17H2,(H,29,30). The van der Waals surface area contributed by atoms with Crippen LogP contribution in [0.1, 0.15) is 12.8 Å². The Balaban J connectivity index is 1.20. The van der Waals surface area contributed by atoms with Crippen molar-refractivity contribution in [2.45, 2.75) is 18.9 Å². The molecule has 1 amide bonds. The molecule has 35 heavy (non-hydrogen) atoms. The van der Waals surface area contributed by atoms with Gasteiger partial charge in [0.2, 0.25) is 5.91 Å². The topological polar surface area (TPSA) is 92.7 Å². The maximum atomic E-state index is 12.5. The zero-order valence-electron chi connectivity index (χ0n) is 19.7. The maximum absolute atomic E-state index is 12.5. The molecule has 9 nitrogen and oxygen atoms in total. The number of fused-ring (bicyclic) bond motifs is 1. The minimum Gasteiger partial charge on any atom is -0.378 e. The molecule has 4 heterocycles. The molecule has 0 radical (unpaired) electrons. The lowest BCUT2D eigenvalue weighted by molar-refractivity contribution is -0.139. The summed E-state index contributed by atoms with van der Waals surface area (Å²) in [5.41, 5.74) is 4.56. The van der Waals surface area contributed by atoms with Crippen LogP contribution in [0.15, 0.2) is 42.7 Å². The van der Waals surface area contributed by atoms with E-state index in [1.54, 1.807) is 12.4 Å². The van der Waals surface area contributed by atoms with E-state index in [0.29, 0.717) is 32.1 Å². The Morgan fingerprint density at radius 2 is 1.83 bits per heavy atom. The SMILES string of the molecule is O=C(C1CC1)N1CCOC(CNc2nc(-c3ccc(N4CCOCC4)cc3)cc3nccnc23)C1. The fourth-order valence-corrected chi connectivity index (χ4v) is 4.75. The zero-order chi connectivity index (χ0) is 23.6. The van der Waals surface area contributed by atoms with E-state index in [9.17, 15) is 4.79 Å². The van der Waals surface area contributed by atoms with Gasteiger partial charge in [0.25, 0.3) is 0 Å². The molecule has 2 aliphatic heterocycles. The average Bonchev–Trinajstić information content (AvgIpc) is 3.78. The van der Waals surface area contributed by atoms with Gasteiger partial charge in [0.05, 0.1) is 37.1 Å². The van der Waals surface area contributed by atoms with Crippen LogP contribution in [0.5, 0.6) is 0 Å². The molecule has 1 unspecified atom stereocenters. The first kappa shape index (κ1) is 22.2. The predicted octanol–water partition coefficient (Wildman–Crippen LogP) is 2.58. The van der Waals surface area contributed by atoms with Crippen LogP contribution in [-0.2, 0) is 14.3 Å². The lowest BCUT2D eigenvalue weighted by Gasteiger charge is -2.33. The summed E-state index contributed by atoms with van der Waals surface area (Å²) in [7, 11) is 0. The molecule has 1 aliphatic carbocycles. The van der Waals surface area contributed by atoms with E-state index in [1.165, 1.54) is 5.69 Å². The quantitative estimate of drug-likeness (QED) is 0.583. The van der Waals surface area contributed by atoms with Crippen LogP contribution in [-0.4, -0.2) is 84.4 Å². The van der Waals surface area contributed by atoms with Crippen LogP contribution in [0.4, 0.5) is 11.5 Å². The van der Waals surface area contributed by atoms with E-state index in [2.05, 4.69) is 44.5 Å². The number of pyridine rings is 1. The van der Waals surface area contributed by atoms with E-state index in [0.717, 1.165) is 61.4 Å². The molecule has 6 rings (SSSR count). The van der Waals surface area contributed by atoms with Crippen LogP contribution in [0.2, 0.25) is 0 Å². The lowest BCUT2D eigenvalue weighted by Crippen LogP contribution is -2.48. The molecule has 0 spiro atoms. The van der Waals surface area contributed by atoms with Crippen LogP contribution >= 0.6 is 0 Å². The maximum Gasteiger partial charge on any atom is 0.225 e. The molecule has 1 atom stereocenters. The van der Waals surface area contributed by atoms with Gasteiger partial charge in [-0.3, -0.25) is 9.78 Å². The van der Waals surface area contributed by atoms with Gasteiger partial charge in [-0.05, 0) is 31.0 Å². The summed E-state index contributed by atoms with van der Waals surface area (Å²) >= 11 is 0. The number of nitrogens with one attached hydrogen (secondary N) is 1. The van der Waals surface area contributed by atoms with Crippen molar-refractivity contribution in [2.24, 2.45) is 5.92 Å². The van der Waals surface area contributed by atoms with Gasteiger partial charge in [-0.15, -0.1) is 0 Å². The first-order chi connectivity index (χ1) is 17.2. The Morgan fingerprint density at radius 1 is 1.03 bits per heavy atom. The van der Waals surface area contributed by atoms with Crippen molar-refractivity contribution in [3.8, 4) is 11.3 Å². The number of morpholine rings is 2. The predicted molar refractivity (Wildman–Crippen MR) is 133 cm³/mol. The van der Waals surface area contributed by atoms with E-state index in [1.807, 2.05) is 11.0 Å². The fraction of sp³-hybridized carbons (Fsp3) is 0.462. The van der Waals surface area contributed by atoms with Crippen LogP contribution in [0.3, 0.4) is 0 Å². The van der Waals surface area contributed by atoms with Gasteiger partial charge in [0.1, 0.15) is 5.52 Å². The second-order valence-electron chi connectivity index (χ2n) is 9.36. The zero-order valence-corrected chi connectivity index (χ0v) is 19.7. The van der Waals surface area contributed by atoms with Crippen molar-refractivity contribution in [2.75, 3.05) is 62.8 Å². The Labute approximate surface area is 204 Å². The minimum atomic E-state index is -0.0866. The van der Waals surface area contributed by atoms with Crippen molar-refractivity contribution in [3.05, 3.63) is 42.7 Å². The van der Waals surface area contributed by atoms with Crippen LogP contribution in [0, 0.1) is 5.92 Å². The number of amides is 1. The first-order valence-electron chi connectivity index (χ1n) is 12.4. The third kappa shape index (κ3) is 4.92. The highest BCUT2D eigenvalue weighted by Crippen LogP contribution is 2.32. The van der Waals surface area contributed by atoms with Crippen LogP contribution < -0.4 is 10.2 Å². The van der Waals surface area contributed by atoms with Gasteiger partial charge in [-0.2, -0.15) is 0 Å². The molecule has 0 bridgehead atoms. The highest BCUT2D eigenvalue weighted by molar-refractivity contribution is 5.88. The fourth-order valence-electron chi connectivity index (χ4n) is 4.75. The molecule has 182 valence electrons. The first-order valence-corrected chi connectivity index (χ1v) is 12.4. The number of rotatable bonds is 6. The van der Waals surface area contributed by atoms with Gasteiger partial charge in [0, 0.05) is 62.3 Å². The summed E-state index contributed by atoms with van der Waals surface area (Å²) in [6.45, 7) is 5.73. The van der Waals surface area contributed by atoms with Crippen LogP contribution in [0.25, 0.3) is 22.3 Å². The summed E-state index contributed by atoms with van der Waals surface area (Å²) in [4.78, 5) is 30.7. The summed E-state index contributed by atoms with van der Waals surface area (Å²) in [5, 5.41) is 3.44. The van der Waals surface area contributed by atoms with Crippen molar-refractivity contribution < 1.29 is 14.3 Å². The summed E-state index contributed by atoms with van der Waals surface area (Å²) in [6, 6.07) is 10.5. The molecule has 1 N–H and O–H groups in total. The van der Waals surface area contributed by atoms with Gasteiger partial charge < -0.3 is 24.6 Å². The summed E-state index contributed by atoms with van der Waals surface area (Å²) in [5.74, 6) is 1.18. The van der Waals surface area contributed by atoms with Crippen molar-refractivity contribution in [3.63, 3.8) is 0 Å². The molecule has 3 aromatic rings. The molecule has 3 fully saturated rings. The number of hydrogen-bond donors (Lipinski definition) is 1. The number of carbonyl (C=O) groups is 1. The Bertz CT molecular complexity index is 1190. The number of ether oxygens (including phenoxy) is 2. The molecule has 1 aromatic carbocycles.